The van der Waals surface area contributed by atoms with E-state index in [1.165, 1.54) is 6.33 Å². The van der Waals surface area contributed by atoms with Gasteiger partial charge in [0.2, 0.25) is 0 Å². The van der Waals surface area contributed by atoms with E-state index in [9.17, 15) is 9.18 Å². The Labute approximate surface area is 221 Å². The summed E-state index contributed by atoms with van der Waals surface area (Å²) in [6.45, 7) is -1.73. The summed E-state index contributed by atoms with van der Waals surface area (Å²) in [4.78, 5) is 25.4. The maximum atomic E-state index is 14.6. The fourth-order valence-electron chi connectivity index (χ4n) is 3.88. The highest BCUT2D eigenvalue weighted by atomic mass is 35.5. The van der Waals surface area contributed by atoms with Crippen molar-refractivity contribution in [2.45, 2.75) is 26.4 Å². The van der Waals surface area contributed by atoms with Crippen LogP contribution < -0.4 is 10.1 Å². The molecule has 0 spiro atoms. The van der Waals surface area contributed by atoms with E-state index >= 15 is 0 Å². The molecule has 0 saturated heterocycles. The van der Waals surface area contributed by atoms with Crippen LogP contribution in [-0.2, 0) is 13.7 Å². The highest BCUT2D eigenvalue weighted by molar-refractivity contribution is 6.31. The molecule has 5 rings (SSSR count). The fraction of sp³-hybridized carbons (Fsp3) is 0.192. The van der Waals surface area contributed by atoms with Gasteiger partial charge in [-0.1, -0.05) is 23.7 Å². The smallest absolute Gasteiger partial charge is 0.273 e. The quantitative estimate of drug-likeness (QED) is 0.312. The summed E-state index contributed by atoms with van der Waals surface area (Å²) in [5, 5.41) is 6.81. The van der Waals surface area contributed by atoms with Crippen LogP contribution in [0, 0.1) is 12.7 Å². The third kappa shape index (κ3) is 4.88. The maximum absolute atomic E-state index is 14.6. The molecule has 188 valence electrons. The number of amides is 1. The highest BCUT2D eigenvalue weighted by Crippen LogP contribution is 2.34. The van der Waals surface area contributed by atoms with E-state index < -0.39 is 30.2 Å². The van der Waals surface area contributed by atoms with Crippen molar-refractivity contribution in [3.63, 3.8) is 0 Å². The second-order valence-corrected chi connectivity index (χ2v) is 8.48. The lowest BCUT2D eigenvalue weighted by Gasteiger charge is -2.20. The Hall–Kier alpha value is -4.31. The Morgan fingerprint density at radius 1 is 1.35 bits per heavy atom. The van der Waals surface area contributed by atoms with Gasteiger partial charge in [0.25, 0.3) is 5.91 Å². The lowest BCUT2D eigenvalue weighted by molar-refractivity contribution is 0.0934. The number of nitrogens with zero attached hydrogens (tertiary/aromatic N) is 5. The summed E-state index contributed by atoms with van der Waals surface area (Å²) >= 11 is 6.39. The number of carbonyl (C=O) groups excluding carboxylic acids is 1. The number of fused-ring (bicyclic) bond motifs is 1. The molecule has 0 fully saturated rings. The van der Waals surface area contributed by atoms with Crippen LogP contribution in [0.15, 0.2) is 59.8 Å². The van der Waals surface area contributed by atoms with Crippen molar-refractivity contribution in [3.8, 4) is 17.1 Å². The van der Waals surface area contributed by atoms with Gasteiger partial charge in [-0.25, -0.2) is 24.0 Å². The first-order valence-electron chi connectivity index (χ1n) is 13.0. The zero-order valence-corrected chi connectivity index (χ0v) is 20.4. The number of para-hydroxylation sites is 1. The van der Waals surface area contributed by atoms with Crippen LogP contribution in [0.5, 0.6) is 5.75 Å². The van der Waals surface area contributed by atoms with Crippen molar-refractivity contribution in [2.75, 3.05) is 0 Å². The number of aryl methyl sites for hydroxylation is 2. The molecule has 11 heteroatoms. The molecular formula is C26H22ClFN6O3. The molecule has 0 aliphatic rings. The van der Waals surface area contributed by atoms with E-state index in [4.69, 9.17) is 26.2 Å². The van der Waals surface area contributed by atoms with Crippen LogP contribution in [0.3, 0.4) is 0 Å². The molecule has 0 radical (unpaired) electrons. The van der Waals surface area contributed by atoms with Gasteiger partial charge in [0.05, 0.1) is 12.4 Å². The Morgan fingerprint density at radius 2 is 2.22 bits per heavy atom. The van der Waals surface area contributed by atoms with Gasteiger partial charge in [-0.05, 0) is 43.6 Å². The molecule has 3 aromatic heterocycles. The van der Waals surface area contributed by atoms with Gasteiger partial charge in [0.15, 0.2) is 17.9 Å². The third-order valence-corrected chi connectivity index (χ3v) is 5.93. The SMILES string of the molecule is [2H]C([2H])([2H])[C@]([2H])(NC(=O)c1cocn1)c1cc(F)cc(Cl)c1COc1cccc2c(-c3ncnn3C)cc(C)nc12. The largest absolute Gasteiger partial charge is 0.487 e. The minimum absolute atomic E-state index is 0.0159. The summed E-state index contributed by atoms with van der Waals surface area (Å²) in [6.07, 6.45) is 3.40. The van der Waals surface area contributed by atoms with E-state index in [2.05, 4.69) is 25.4 Å². The highest BCUT2D eigenvalue weighted by Gasteiger charge is 2.21. The van der Waals surface area contributed by atoms with Gasteiger partial charge in [-0.2, -0.15) is 5.10 Å². The topological polar surface area (TPSA) is 108 Å². The van der Waals surface area contributed by atoms with Crippen LogP contribution in [0.25, 0.3) is 22.3 Å². The summed E-state index contributed by atoms with van der Waals surface area (Å²) in [5.74, 6) is -0.985. The molecule has 0 aliphatic heterocycles. The van der Waals surface area contributed by atoms with Gasteiger partial charge in [0, 0.05) is 33.4 Å². The second-order valence-electron chi connectivity index (χ2n) is 8.08. The number of pyridine rings is 1. The monoisotopic (exact) mass is 524 g/mol. The number of benzene rings is 2. The minimum atomic E-state index is -3.17. The molecule has 5 aromatic rings. The van der Waals surface area contributed by atoms with Crippen LogP contribution in [0.4, 0.5) is 4.39 Å². The van der Waals surface area contributed by atoms with E-state index in [0.29, 0.717) is 28.2 Å². The van der Waals surface area contributed by atoms with Crippen molar-refractivity contribution in [1.82, 2.24) is 30.0 Å². The molecule has 0 unspecified atom stereocenters. The van der Waals surface area contributed by atoms with Crippen molar-refractivity contribution in [2.24, 2.45) is 7.05 Å². The Bertz CT molecular complexity index is 1760. The number of aromatic nitrogens is 5. The molecule has 1 atom stereocenters. The molecule has 0 saturated carbocycles. The van der Waals surface area contributed by atoms with Gasteiger partial charge in [-0.3, -0.25) is 4.79 Å². The first-order chi connectivity index (χ1) is 19.4. The minimum Gasteiger partial charge on any atom is -0.487 e. The van der Waals surface area contributed by atoms with E-state index in [1.54, 1.807) is 23.9 Å². The predicted octanol–water partition coefficient (Wildman–Crippen LogP) is 5.19. The zero-order chi connectivity index (χ0) is 29.5. The molecule has 37 heavy (non-hydrogen) atoms. The number of hydrogen-bond acceptors (Lipinski definition) is 7. The van der Waals surface area contributed by atoms with Crippen molar-refractivity contribution in [1.29, 1.82) is 0 Å². The van der Waals surface area contributed by atoms with Crippen molar-refractivity contribution in [3.05, 3.63) is 88.7 Å². The van der Waals surface area contributed by atoms with Crippen molar-refractivity contribution < 1.29 is 23.8 Å². The molecule has 0 bridgehead atoms. The zero-order valence-electron chi connectivity index (χ0n) is 23.6. The number of ether oxygens (including phenoxy) is 1. The standard InChI is InChI=1S/C26H22ClFN6O3/c1-14-7-19(25-29-12-31-34(25)3)17-5-4-6-23(24(17)32-14)37-10-20-18(8-16(28)9-21(20)27)15(2)33-26(35)22-11-36-13-30-22/h4-9,11-13,15H,10H2,1-3H3,(H,33,35)/t15-/m0/s1/i2D3,15D. The molecule has 9 nitrogen and oxygen atoms in total. The van der Waals surface area contributed by atoms with E-state index in [1.807, 2.05) is 19.1 Å². The fourth-order valence-corrected chi connectivity index (χ4v) is 4.15. The molecule has 2 aromatic carbocycles. The summed E-state index contributed by atoms with van der Waals surface area (Å²) in [5.41, 5.74) is 1.23. The van der Waals surface area contributed by atoms with Gasteiger partial charge < -0.3 is 14.5 Å². The first-order valence-corrected chi connectivity index (χ1v) is 11.3. The van der Waals surface area contributed by atoms with Gasteiger partial charge >= 0.3 is 0 Å². The maximum Gasteiger partial charge on any atom is 0.273 e. The molecular weight excluding hydrogens is 499 g/mol. The Morgan fingerprint density at radius 3 is 2.95 bits per heavy atom. The molecule has 1 N–H and O–H groups in total. The summed E-state index contributed by atoms with van der Waals surface area (Å²) in [7, 11) is 1.77. The Kier molecular flexibility index (Phi) is 5.35. The lowest BCUT2D eigenvalue weighted by atomic mass is 10.0. The molecule has 0 aliphatic carbocycles. The van der Waals surface area contributed by atoms with Crippen LogP contribution in [-0.4, -0.2) is 30.6 Å². The van der Waals surface area contributed by atoms with Gasteiger partial charge in [-0.15, -0.1) is 0 Å². The normalized spacial score (nSPS) is 14.8. The number of carbonyl (C=O) groups is 1. The number of hydrogen-bond donors (Lipinski definition) is 1. The molecule has 3 heterocycles. The molecule has 1 amide bonds. The Balaban J connectivity index is 1.57. The number of halogens is 2. The van der Waals surface area contributed by atoms with Crippen LogP contribution in [0.1, 0.15) is 45.7 Å². The van der Waals surface area contributed by atoms with E-state index in [0.717, 1.165) is 30.4 Å². The first kappa shape index (κ1) is 19.8. The summed E-state index contributed by atoms with van der Waals surface area (Å²) < 4.78 is 60.2. The lowest BCUT2D eigenvalue weighted by Crippen LogP contribution is -2.28. The number of rotatable bonds is 7. The second kappa shape index (κ2) is 9.98. The average molecular weight is 525 g/mol. The van der Waals surface area contributed by atoms with Crippen molar-refractivity contribution >= 4 is 28.4 Å². The average Bonchev–Trinajstić information content (AvgIpc) is 3.59. The third-order valence-electron chi connectivity index (χ3n) is 5.59. The van der Waals surface area contributed by atoms with Gasteiger partial charge in [0.1, 0.15) is 36.3 Å². The number of nitrogens with one attached hydrogen (secondary N) is 1. The van der Waals surface area contributed by atoms with Crippen LogP contribution >= 0.6 is 11.6 Å². The van der Waals surface area contributed by atoms with E-state index in [-0.39, 0.29) is 22.9 Å². The summed E-state index contributed by atoms with van der Waals surface area (Å²) in [6, 6.07) is 6.10. The van der Waals surface area contributed by atoms with Crippen LogP contribution in [0.2, 0.25) is 5.02 Å². The predicted molar refractivity (Wildman–Crippen MR) is 135 cm³/mol. The number of oxazole rings is 1.